The highest BCUT2D eigenvalue weighted by Gasteiger charge is 2.22. The van der Waals surface area contributed by atoms with Crippen LogP contribution in [0.1, 0.15) is 18.4 Å². The van der Waals surface area contributed by atoms with E-state index in [1.807, 2.05) is 12.1 Å². The van der Waals surface area contributed by atoms with E-state index in [4.69, 9.17) is 9.84 Å². The summed E-state index contributed by atoms with van der Waals surface area (Å²) in [6.45, 7) is 1.50. The van der Waals surface area contributed by atoms with Gasteiger partial charge in [-0.1, -0.05) is 0 Å². The second-order valence-electron chi connectivity index (χ2n) is 7.31. The third-order valence-electron chi connectivity index (χ3n) is 5.05. The Balaban J connectivity index is 1.37. The molecule has 1 aliphatic heterocycles. The molecule has 7 nitrogen and oxygen atoms in total. The first-order chi connectivity index (χ1) is 15.0. The molecular weight excluding hydrogens is 467 g/mol. The van der Waals surface area contributed by atoms with Gasteiger partial charge in [-0.2, -0.15) is 0 Å². The number of rotatable bonds is 6. The average molecular weight is 487 g/mol. The third-order valence-corrected chi connectivity index (χ3v) is 5.70. The fourth-order valence-electron chi connectivity index (χ4n) is 3.50. The van der Waals surface area contributed by atoms with Crippen LogP contribution in [0.4, 0.5) is 10.2 Å². The van der Waals surface area contributed by atoms with Crippen LogP contribution >= 0.6 is 15.9 Å². The first-order valence-corrected chi connectivity index (χ1v) is 10.6. The lowest BCUT2D eigenvalue weighted by Crippen LogP contribution is -2.38. The van der Waals surface area contributed by atoms with Gasteiger partial charge in [0.05, 0.1) is 16.6 Å². The predicted octanol–water partition coefficient (Wildman–Crippen LogP) is 4.12. The molecule has 1 aromatic carbocycles. The number of piperidine rings is 1. The van der Waals surface area contributed by atoms with Crippen LogP contribution in [-0.4, -0.2) is 45.5 Å². The molecule has 1 N–H and O–H groups in total. The number of hydrogen-bond acceptors (Lipinski definition) is 6. The van der Waals surface area contributed by atoms with E-state index in [1.165, 1.54) is 18.3 Å². The van der Waals surface area contributed by atoms with Gasteiger partial charge in [0.1, 0.15) is 17.7 Å². The monoisotopic (exact) mass is 486 g/mol. The number of ether oxygens (including phenoxy) is 1. The number of hydrogen-bond donors (Lipinski definition) is 1. The Labute approximate surface area is 187 Å². The molecule has 9 heteroatoms. The summed E-state index contributed by atoms with van der Waals surface area (Å²) in [5, 5.41) is 17.6. The van der Waals surface area contributed by atoms with Gasteiger partial charge in [-0.3, -0.25) is 9.78 Å². The van der Waals surface area contributed by atoms with Crippen LogP contribution in [0.3, 0.4) is 0 Å². The molecule has 1 aliphatic rings. The van der Waals surface area contributed by atoms with Crippen LogP contribution < -0.4 is 9.64 Å². The number of carboxylic acid groups (broad SMARTS) is 1. The van der Waals surface area contributed by atoms with E-state index in [-0.39, 0.29) is 18.3 Å². The summed E-state index contributed by atoms with van der Waals surface area (Å²) >= 11 is 3.39. The van der Waals surface area contributed by atoms with E-state index < -0.39 is 5.97 Å². The van der Waals surface area contributed by atoms with Gasteiger partial charge in [0.15, 0.2) is 5.82 Å². The molecule has 3 aromatic rings. The first kappa shape index (κ1) is 21.2. The molecule has 0 atom stereocenters. The van der Waals surface area contributed by atoms with Crippen molar-refractivity contribution in [3.8, 4) is 17.0 Å². The number of aliphatic carboxylic acids is 1. The summed E-state index contributed by atoms with van der Waals surface area (Å²) in [4.78, 5) is 17.1. The molecule has 0 radical (unpaired) electrons. The lowest BCUT2D eigenvalue weighted by atomic mass is 10.1. The van der Waals surface area contributed by atoms with Crippen LogP contribution in [0.15, 0.2) is 53.3 Å². The Morgan fingerprint density at radius 3 is 2.68 bits per heavy atom. The summed E-state index contributed by atoms with van der Waals surface area (Å²) < 4.78 is 20.2. The van der Waals surface area contributed by atoms with E-state index in [0.717, 1.165) is 41.8 Å². The number of carbonyl (C=O) groups is 1. The van der Waals surface area contributed by atoms with E-state index in [2.05, 4.69) is 36.0 Å². The lowest BCUT2D eigenvalue weighted by molar-refractivity contribution is -0.136. The Kier molecular flexibility index (Phi) is 6.41. The van der Waals surface area contributed by atoms with Crippen molar-refractivity contribution >= 4 is 27.7 Å². The summed E-state index contributed by atoms with van der Waals surface area (Å²) in [6, 6.07) is 9.94. The summed E-state index contributed by atoms with van der Waals surface area (Å²) in [5.74, 6) is 0.0531. The van der Waals surface area contributed by atoms with Crippen molar-refractivity contribution in [3.05, 3.63) is 64.6 Å². The molecule has 1 fully saturated rings. The van der Waals surface area contributed by atoms with E-state index >= 15 is 0 Å². The zero-order valence-corrected chi connectivity index (χ0v) is 18.1. The number of aromatic nitrogens is 3. The van der Waals surface area contributed by atoms with Crippen LogP contribution in [0.5, 0.6) is 5.75 Å². The average Bonchev–Trinajstić information content (AvgIpc) is 2.77. The standard InChI is InChI=1S/C22H20BrFN4O3/c23-18-2-1-16(24)11-20(18)31-17-5-7-28(8-6-17)21-4-3-19(26-27-21)15-9-14(10-22(29)30)12-25-13-15/h1-4,9,11-13,17H,5-8,10H2,(H,29,30). The number of halogens is 2. The predicted molar refractivity (Wildman–Crippen MR) is 117 cm³/mol. The second kappa shape index (κ2) is 9.38. The molecule has 0 saturated carbocycles. The molecule has 0 aliphatic carbocycles. The van der Waals surface area contributed by atoms with Crippen LogP contribution in [0, 0.1) is 5.82 Å². The van der Waals surface area contributed by atoms with Crippen molar-refractivity contribution < 1.29 is 19.0 Å². The molecule has 2 aromatic heterocycles. The maximum Gasteiger partial charge on any atom is 0.307 e. The largest absolute Gasteiger partial charge is 0.489 e. The number of benzene rings is 1. The smallest absolute Gasteiger partial charge is 0.307 e. The van der Waals surface area contributed by atoms with Gasteiger partial charge in [0.2, 0.25) is 0 Å². The summed E-state index contributed by atoms with van der Waals surface area (Å²) in [6.07, 6.45) is 4.66. The minimum absolute atomic E-state index is 0.00429. The molecule has 1 saturated heterocycles. The van der Waals surface area contributed by atoms with E-state index in [0.29, 0.717) is 17.0 Å². The topological polar surface area (TPSA) is 88.4 Å². The van der Waals surface area contributed by atoms with Gasteiger partial charge < -0.3 is 14.7 Å². The molecule has 0 bridgehead atoms. The Hall–Kier alpha value is -3.07. The number of pyridine rings is 1. The van der Waals surface area contributed by atoms with Gasteiger partial charge in [0.25, 0.3) is 0 Å². The number of anilines is 1. The second-order valence-corrected chi connectivity index (χ2v) is 8.16. The van der Waals surface area contributed by atoms with E-state index in [1.54, 1.807) is 18.3 Å². The zero-order valence-electron chi connectivity index (χ0n) is 16.5. The van der Waals surface area contributed by atoms with Crippen molar-refractivity contribution in [3.63, 3.8) is 0 Å². The quantitative estimate of drug-likeness (QED) is 0.560. The third kappa shape index (κ3) is 5.35. The zero-order chi connectivity index (χ0) is 21.8. The molecule has 3 heterocycles. The number of nitrogens with zero attached hydrogens (tertiary/aromatic N) is 4. The van der Waals surface area contributed by atoms with Gasteiger partial charge in [0, 0.05) is 50.0 Å². The Bertz CT molecular complexity index is 1070. The van der Waals surface area contributed by atoms with Crippen molar-refractivity contribution in [2.75, 3.05) is 18.0 Å². The Morgan fingerprint density at radius 1 is 1.16 bits per heavy atom. The Morgan fingerprint density at radius 2 is 1.97 bits per heavy atom. The molecule has 0 unspecified atom stereocenters. The minimum Gasteiger partial charge on any atom is -0.489 e. The maximum atomic E-state index is 13.5. The molecular formula is C22H20BrFN4O3. The van der Waals surface area contributed by atoms with Gasteiger partial charge >= 0.3 is 5.97 Å². The van der Waals surface area contributed by atoms with E-state index in [9.17, 15) is 9.18 Å². The van der Waals surface area contributed by atoms with Gasteiger partial charge in [-0.15, -0.1) is 10.2 Å². The summed E-state index contributed by atoms with van der Waals surface area (Å²) in [7, 11) is 0. The summed E-state index contributed by atoms with van der Waals surface area (Å²) in [5.41, 5.74) is 1.98. The minimum atomic E-state index is -0.905. The fourth-order valence-corrected chi connectivity index (χ4v) is 3.84. The maximum absolute atomic E-state index is 13.5. The first-order valence-electron chi connectivity index (χ1n) is 9.84. The van der Waals surface area contributed by atoms with Crippen LogP contribution in [-0.2, 0) is 11.2 Å². The fraction of sp³-hybridized carbons (Fsp3) is 0.273. The highest BCUT2D eigenvalue weighted by atomic mass is 79.9. The normalized spacial score (nSPS) is 14.5. The van der Waals surface area contributed by atoms with Crippen molar-refractivity contribution in [2.45, 2.75) is 25.4 Å². The molecule has 160 valence electrons. The van der Waals surface area contributed by atoms with Gasteiger partial charge in [-0.25, -0.2) is 4.39 Å². The highest BCUT2D eigenvalue weighted by Crippen LogP contribution is 2.29. The molecule has 31 heavy (non-hydrogen) atoms. The molecule has 0 spiro atoms. The molecule has 0 amide bonds. The highest BCUT2D eigenvalue weighted by molar-refractivity contribution is 9.10. The van der Waals surface area contributed by atoms with Crippen LogP contribution in [0.2, 0.25) is 0 Å². The lowest BCUT2D eigenvalue weighted by Gasteiger charge is -2.32. The van der Waals surface area contributed by atoms with Crippen LogP contribution in [0.25, 0.3) is 11.3 Å². The van der Waals surface area contributed by atoms with Crippen molar-refractivity contribution in [2.24, 2.45) is 0 Å². The SMILES string of the molecule is O=C(O)Cc1cncc(-c2ccc(N3CCC(Oc4cc(F)ccc4Br)CC3)nn2)c1. The number of carboxylic acids is 1. The molecule has 4 rings (SSSR count). The van der Waals surface area contributed by atoms with Crippen molar-refractivity contribution in [1.29, 1.82) is 0 Å². The van der Waals surface area contributed by atoms with Gasteiger partial charge in [-0.05, 0) is 51.8 Å². The van der Waals surface area contributed by atoms with Crippen molar-refractivity contribution in [1.82, 2.24) is 15.2 Å².